The molecule has 0 radical (unpaired) electrons. The number of hydrogen-bond donors (Lipinski definition) is 2. The standard InChI is InChI=1S/C19H17ClN4O2/c20-15-6-8-16(9-7-15)22-19(25)21-12-13-26-18-11-10-17(23-24-18)14-4-2-1-3-5-14/h1-11H,12-13H2,(H2,21,22,25). The molecule has 0 unspecified atom stereocenters. The number of ether oxygens (including phenoxy) is 1. The van der Waals surface area contributed by atoms with E-state index in [2.05, 4.69) is 20.8 Å². The summed E-state index contributed by atoms with van der Waals surface area (Å²) in [7, 11) is 0. The zero-order valence-electron chi connectivity index (χ0n) is 13.9. The lowest BCUT2D eigenvalue weighted by molar-refractivity contribution is 0.246. The predicted octanol–water partition coefficient (Wildman–Crippen LogP) is 4.00. The fraction of sp³-hybridized carbons (Fsp3) is 0.105. The van der Waals surface area contributed by atoms with E-state index in [4.69, 9.17) is 16.3 Å². The van der Waals surface area contributed by atoms with Crippen LogP contribution in [-0.4, -0.2) is 29.4 Å². The molecule has 2 N–H and O–H groups in total. The summed E-state index contributed by atoms with van der Waals surface area (Å²) in [5.41, 5.74) is 2.43. The van der Waals surface area contributed by atoms with Gasteiger partial charge in [0, 0.05) is 22.3 Å². The smallest absolute Gasteiger partial charge is 0.319 e. The lowest BCUT2D eigenvalue weighted by atomic mass is 10.1. The first kappa shape index (κ1) is 17.7. The first-order chi connectivity index (χ1) is 12.7. The predicted molar refractivity (Wildman–Crippen MR) is 101 cm³/mol. The van der Waals surface area contributed by atoms with Gasteiger partial charge in [-0.2, -0.15) is 0 Å². The number of nitrogens with one attached hydrogen (secondary N) is 2. The average molecular weight is 369 g/mol. The second-order valence-corrected chi connectivity index (χ2v) is 5.80. The Bertz CT molecular complexity index is 840. The first-order valence-electron chi connectivity index (χ1n) is 8.03. The van der Waals surface area contributed by atoms with Crippen molar-refractivity contribution >= 4 is 23.3 Å². The number of rotatable bonds is 6. The quantitative estimate of drug-likeness (QED) is 0.645. The van der Waals surface area contributed by atoms with Gasteiger partial charge in [-0.05, 0) is 30.3 Å². The summed E-state index contributed by atoms with van der Waals surface area (Å²) in [5.74, 6) is 0.407. The van der Waals surface area contributed by atoms with Crippen LogP contribution in [0.2, 0.25) is 5.02 Å². The van der Waals surface area contributed by atoms with E-state index in [1.165, 1.54) is 0 Å². The van der Waals surface area contributed by atoms with Crippen LogP contribution in [0.4, 0.5) is 10.5 Å². The number of amides is 2. The summed E-state index contributed by atoms with van der Waals surface area (Å²) in [6, 6.07) is 19.9. The molecule has 0 atom stereocenters. The van der Waals surface area contributed by atoms with Gasteiger partial charge in [0.1, 0.15) is 6.61 Å². The van der Waals surface area contributed by atoms with Crippen molar-refractivity contribution in [1.29, 1.82) is 0 Å². The molecule has 0 saturated heterocycles. The number of carbonyl (C=O) groups is 1. The van der Waals surface area contributed by atoms with Crippen molar-refractivity contribution in [3.8, 4) is 17.1 Å². The zero-order valence-corrected chi connectivity index (χ0v) is 14.6. The summed E-state index contributed by atoms with van der Waals surface area (Å²) < 4.78 is 5.48. The van der Waals surface area contributed by atoms with Crippen molar-refractivity contribution in [2.75, 3.05) is 18.5 Å². The van der Waals surface area contributed by atoms with Gasteiger partial charge < -0.3 is 15.4 Å². The number of carbonyl (C=O) groups excluding carboxylic acids is 1. The third-order valence-corrected chi connectivity index (χ3v) is 3.70. The van der Waals surface area contributed by atoms with E-state index >= 15 is 0 Å². The summed E-state index contributed by atoms with van der Waals surface area (Å²) in [4.78, 5) is 11.8. The third-order valence-electron chi connectivity index (χ3n) is 3.45. The zero-order chi connectivity index (χ0) is 18.2. The molecule has 3 rings (SSSR count). The fourth-order valence-corrected chi connectivity index (χ4v) is 2.31. The Kier molecular flexibility index (Phi) is 6.01. The van der Waals surface area contributed by atoms with Gasteiger partial charge in [0.15, 0.2) is 0 Å². The molecular formula is C19H17ClN4O2. The summed E-state index contributed by atoms with van der Waals surface area (Å²) in [5, 5.41) is 14.2. The number of benzene rings is 2. The lowest BCUT2D eigenvalue weighted by Crippen LogP contribution is -2.32. The van der Waals surface area contributed by atoms with Crippen molar-refractivity contribution < 1.29 is 9.53 Å². The molecule has 6 nitrogen and oxygen atoms in total. The number of urea groups is 1. The molecule has 0 aliphatic heterocycles. The van der Waals surface area contributed by atoms with Crippen LogP contribution in [0.5, 0.6) is 5.88 Å². The minimum Gasteiger partial charge on any atom is -0.475 e. The highest BCUT2D eigenvalue weighted by Crippen LogP contribution is 2.17. The molecule has 0 spiro atoms. The SMILES string of the molecule is O=C(NCCOc1ccc(-c2ccccc2)nn1)Nc1ccc(Cl)cc1. The third kappa shape index (κ3) is 5.19. The normalized spacial score (nSPS) is 10.2. The molecule has 132 valence electrons. The number of hydrogen-bond acceptors (Lipinski definition) is 4. The molecule has 0 fully saturated rings. The van der Waals surface area contributed by atoms with Crippen LogP contribution in [0.3, 0.4) is 0 Å². The van der Waals surface area contributed by atoms with Gasteiger partial charge in [0.05, 0.1) is 12.2 Å². The fourth-order valence-electron chi connectivity index (χ4n) is 2.19. The largest absolute Gasteiger partial charge is 0.475 e. The number of halogens is 1. The van der Waals surface area contributed by atoms with Crippen molar-refractivity contribution in [2.45, 2.75) is 0 Å². The molecule has 0 aliphatic carbocycles. The molecule has 1 aromatic heterocycles. The molecule has 1 heterocycles. The highest BCUT2D eigenvalue weighted by Gasteiger charge is 2.03. The summed E-state index contributed by atoms with van der Waals surface area (Å²) in [6.07, 6.45) is 0. The van der Waals surface area contributed by atoms with Crippen molar-refractivity contribution in [1.82, 2.24) is 15.5 Å². The van der Waals surface area contributed by atoms with Crippen LogP contribution in [0.1, 0.15) is 0 Å². The molecule has 26 heavy (non-hydrogen) atoms. The molecule has 0 bridgehead atoms. The number of anilines is 1. The van der Waals surface area contributed by atoms with Gasteiger partial charge in [-0.3, -0.25) is 0 Å². The Labute approximate surface area is 156 Å². The van der Waals surface area contributed by atoms with Crippen LogP contribution in [0.15, 0.2) is 66.7 Å². The van der Waals surface area contributed by atoms with Crippen molar-refractivity contribution in [3.63, 3.8) is 0 Å². The molecule has 0 aliphatic rings. The molecule has 3 aromatic rings. The maximum atomic E-state index is 11.8. The van der Waals surface area contributed by atoms with E-state index < -0.39 is 0 Å². The summed E-state index contributed by atoms with van der Waals surface area (Å²) in [6.45, 7) is 0.620. The summed E-state index contributed by atoms with van der Waals surface area (Å²) >= 11 is 5.80. The second kappa shape index (κ2) is 8.82. The molecule has 2 amide bonds. The minimum absolute atomic E-state index is 0.285. The Morgan fingerprint density at radius 1 is 0.962 bits per heavy atom. The Morgan fingerprint density at radius 2 is 1.73 bits per heavy atom. The van der Waals surface area contributed by atoms with Gasteiger partial charge in [-0.25, -0.2) is 4.79 Å². The van der Waals surface area contributed by atoms with Crippen LogP contribution < -0.4 is 15.4 Å². The van der Waals surface area contributed by atoms with E-state index in [1.54, 1.807) is 30.3 Å². The van der Waals surface area contributed by atoms with Crippen LogP contribution >= 0.6 is 11.6 Å². The number of nitrogens with zero attached hydrogens (tertiary/aromatic N) is 2. The van der Waals surface area contributed by atoms with Gasteiger partial charge in [0.2, 0.25) is 5.88 Å². The molecule has 2 aromatic carbocycles. The first-order valence-corrected chi connectivity index (χ1v) is 8.41. The molecule has 7 heteroatoms. The maximum Gasteiger partial charge on any atom is 0.319 e. The topological polar surface area (TPSA) is 76.1 Å². The van der Waals surface area contributed by atoms with Gasteiger partial charge in [0.25, 0.3) is 0 Å². The molecule has 0 saturated carbocycles. The highest BCUT2D eigenvalue weighted by atomic mass is 35.5. The second-order valence-electron chi connectivity index (χ2n) is 5.36. The minimum atomic E-state index is -0.318. The van der Waals surface area contributed by atoms with Gasteiger partial charge >= 0.3 is 6.03 Å². The van der Waals surface area contributed by atoms with Crippen molar-refractivity contribution in [3.05, 3.63) is 71.8 Å². The van der Waals surface area contributed by atoms with E-state index in [-0.39, 0.29) is 12.6 Å². The van der Waals surface area contributed by atoms with Gasteiger partial charge in [-0.15, -0.1) is 10.2 Å². The van der Waals surface area contributed by atoms with Crippen LogP contribution in [-0.2, 0) is 0 Å². The Balaban J connectivity index is 1.40. The van der Waals surface area contributed by atoms with E-state index in [9.17, 15) is 4.79 Å². The van der Waals surface area contributed by atoms with E-state index in [0.717, 1.165) is 11.3 Å². The van der Waals surface area contributed by atoms with E-state index in [1.807, 2.05) is 36.4 Å². The van der Waals surface area contributed by atoms with Crippen LogP contribution in [0.25, 0.3) is 11.3 Å². The Morgan fingerprint density at radius 3 is 2.42 bits per heavy atom. The number of aromatic nitrogens is 2. The highest BCUT2D eigenvalue weighted by molar-refractivity contribution is 6.30. The molecular weight excluding hydrogens is 352 g/mol. The lowest BCUT2D eigenvalue weighted by Gasteiger charge is -2.08. The van der Waals surface area contributed by atoms with Crippen molar-refractivity contribution in [2.24, 2.45) is 0 Å². The van der Waals surface area contributed by atoms with Crippen LogP contribution in [0, 0.1) is 0 Å². The maximum absolute atomic E-state index is 11.8. The van der Waals surface area contributed by atoms with E-state index in [0.29, 0.717) is 23.1 Å². The Hall–Kier alpha value is -3.12. The van der Waals surface area contributed by atoms with Gasteiger partial charge in [-0.1, -0.05) is 41.9 Å². The average Bonchev–Trinajstić information content (AvgIpc) is 2.68. The monoisotopic (exact) mass is 368 g/mol.